The molecule has 0 atom stereocenters. The van der Waals surface area contributed by atoms with Crippen molar-refractivity contribution in [2.75, 3.05) is 5.88 Å². The zero-order chi connectivity index (χ0) is 8.20. The standard InChI is InChI=1S/C6H8ClF3/c1-5(3-2-4-7)6(8,9)10/h3H,2,4H2,1H3/b5-3+. The highest BCUT2D eigenvalue weighted by molar-refractivity contribution is 6.17. The summed E-state index contributed by atoms with van der Waals surface area (Å²) in [5.41, 5.74) is -0.576. The molecule has 0 saturated heterocycles. The Balaban J connectivity index is 3.93. The number of alkyl halides is 4. The first-order chi connectivity index (χ1) is 4.48. The summed E-state index contributed by atoms with van der Waals surface area (Å²) >= 11 is 5.18. The maximum absolute atomic E-state index is 11.7. The van der Waals surface area contributed by atoms with Gasteiger partial charge in [0, 0.05) is 11.5 Å². The third-order valence-corrected chi connectivity index (χ3v) is 1.22. The van der Waals surface area contributed by atoms with Crippen LogP contribution >= 0.6 is 11.6 Å². The quantitative estimate of drug-likeness (QED) is 0.444. The fourth-order valence-corrected chi connectivity index (χ4v) is 0.496. The molecule has 0 radical (unpaired) electrons. The lowest BCUT2D eigenvalue weighted by Crippen LogP contribution is -2.08. The highest BCUT2D eigenvalue weighted by atomic mass is 35.5. The number of hydrogen-bond acceptors (Lipinski definition) is 0. The molecule has 0 fully saturated rings. The zero-order valence-electron chi connectivity index (χ0n) is 5.50. The number of hydrogen-bond donors (Lipinski definition) is 0. The molecule has 0 aromatic carbocycles. The number of halogens is 4. The minimum absolute atomic E-state index is 0.230. The molecule has 0 unspecified atom stereocenters. The van der Waals surface area contributed by atoms with Crippen LogP contribution in [0.3, 0.4) is 0 Å². The molecule has 0 amide bonds. The van der Waals surface area contributed by atoms with Gasteiger partial charge in [0.25, 0.3) is 0 Å². The smallest absolute Gasteiger partial charge is 0.167 e. The van der Waals surface area contributed by atoms with Crippen molar-refractivity contribution in [1.82, 2.24) is 0 Å². The predicted molar refractivity (Wildman–Crippen MR) is 35.1 cm³/mol. The molecule has 4 heteroatoms. The lowest BCUT2D eigenvalue weighted by atomic mass is 10.2. The van der Waals surface area contributed by atoms with E-state index in [2.05, 4.69) is 0 Å². The van der Waals surface area contributed by atoms with E-state index >= 15 is 0 Å². The molecule has 0 nitrogen and oxygen atoms in total. The first kappa shape index (κ1) is 9.82. The second kappa shape index (κ2) is 3.86. The Bertz CT molecular complexity index is 125. The summed E-state index contributed by atoms with van der Waals surface area (Å²) in [6.07, 6.45) is -2.83. The van der Waals surface area contributed by atoms with E-state index in [1.807, 2.05) is 0 Å². The average molecular weight is 173 g/mol. The van der Waals surface area contributed by atoms with Crippen molar-refractivity contribution in [3.63, 3.8) is 0 Å². The lowest BCUT2D eigenvalue weighted by Gasteiger charge is -2.04. The topological polar surface area (TPSA) is 0 Å². The van der Waals surface area contributed by atoms with Gasteiger partial charge >= 0.3 is 6.18 Å². The fourth-order valence-electron chi connectivity index (χ4n) is 0.387. The van der Waals surface area contributed by atoms with E-state index in [1.54, 1.807) is 0 Å². The van der Waals surface area contributed by atoms with Crippen molar-refractivity contribution in [1.29, 1.82) is 0 Å². The summed E-state index contributed by atoms with van der Waals surface area (Å²) in [7, 11) is 0. The molecular weight excluding hydrogens is 165 g/mol. The Morgan fingerprint density at radius 3 is 2.30 bits per heavy atom. The monoisotopic (exact) mass is 172 g/mol. The molecule has 0 aromatic rings. The van der Waals surface area contributed by atoms with Crippen molar-refractivity contribution in [3.8, 4) is 0 Å². The summed E-state index contributed by atoms with van der Waals surface area (Å²) in [5.74, 6) is 0.230. The van der Waals surface area contributed by atoms with Crippen molar-refractivity contribution in [2.24, 2.45) is 0 Å². The van der Waals surface area contributed by atoms with Crippen molar-refractivity contribution < 1.29 is 13.2 Å². The van der Waals surface area contributed by atoms with Crippen LogP contribution in [0.25, 0.3) is 0 Å². The van der Waals surface area contributed by atoms with Crippen LogP contribution in [-0.4, -0.2) is 12.1 Å². The fraction of sp³-hybridized carbons (Fsp3) is 0.667. The molecule has 0 spiro atoms. The predicted octanol–water partition coefficient (Wildman–Crippen LogP) is 3.12. The van der Waals surface area contributed by atoms with E-state index in [1.165, 1.54) is 0 Å². The van der Waals surface area contributed by atoms with E-state index in [9.17, 15) is 13.2 Å². The van der Waals surface area contributed by atoms with Crippen LogP contribution in [0.15, 0.2) is 11.6 Å². The van der Waals surface area contributed by atoms with Crippen LogP contribution in [-0.2, 0) is 0 Å². The van der Waals surface area contributed by atoms with Gasteiger partial charge in [0.1, 0.15) is 0 Å². The second-order valence-electron chi connectivity index (χ2n) is 1.86. The summed E-state index contributed by atoms with van der Waals surface area (Å²) < 4.78 is 35.0. The van der Waals surface area contributed by atoms with Crippen LogP contribution < -0.4 is 0 Å². The van der Waals surface area contributed by atoms with Gasteiger partial charge in [-0.25, -0.2) is 0 Å². The molecular formula is C6H8ClF3. The third kappa shape index (κ3) is 3.77. The minimum atomic E-state index is -4.19. The van der Waals surface area contributed by atoms with Gasteiger partial charge in [-0.3, -0.25) is 0 Å². The van der Waals surface area contributed by atoms with E-state index in [4.69, 9.17) is 11.6 Å². The van der Waals surface area contributed by atoms with Gasteiger partial charge in [-0.05, 0) is 13.3 Å². The third-order valence-electron chi connectivity index (χ3n) is 1.01. The van der Waals surface area contributed by atoms with E-state index < -0.39 is 11.7 Å². The van der Waals surface area contributed by atoms with Crippen LogP contribution in [0.1, 0.15) is 13.3 Å². The van der Waals surface area contributed by atoms with Gasteiger partial charge < -0.3 is 0 Å². The SMILES string of the molecule is C/C(=C\CCCl)C(F)(F)F. The molecule has 0 N–H and O–H groups in total. The molecule has 0 aliphatic carbocycles. The van der Waals surface area contributed by atoms with E-state index in [0.29, 0.717) is 0 Å². The van der Waals surface area contributed by atoms with Crippen LogP contribution in [0.2, 0.25) is 0 Å². The Kier molecular flexibility index (Phi) is 3.79. The van der Waals surface area contributed by atoms with Crippen molar-refractivity contribution >= 4 is 11.6 Å². The molecule has 0 aromatic heterocycles. The normalized spacial score (nSPS) is 13.9. The summed E-state index contributed by atoms with van der Waals surface area (Å²) in [6.45, 7) is 1.03. The largest absolute Gasteiger partial charge is 0.412 e. The zero-order valence-corrected chi connectivity index (χ0v) is 6.26. The highest BCUT2D eigenvalue weighted by Gasteiger charge is 2.29. The van der Waals surface area contributed by atoms with Gasteiger partial charge in [0.15, 0.2) is 0 Å². The average Bonchev–Trinajstić information content (AvgIpc) is 1.80. The molecule has 0 aliphatic rings. The maximum Gasteiger partial charge on any atom is 0.412 e. The van der Waals surface area contributed by atoms with E-state index in [-0.39, 0.29) is 12.3 Å². The van der Waals surface area contributed by atoms with E-state index in [0.717, 1.165) is 13.0 Å². The first-order valence-electron chi connectivity index (χ1n) is 2.78. The van der Waals surface area contributed by atoms with Gasteiger partial charge in [-0.15, -0.1) is 11.6 Å². The molecule has 0 heterocycles. The molecule has 0 saturated carbocycles. The van der Waals surface area contributed by atoms with Crippen LogP contribution in [0.4, 0.5) is 13.2 Å². The molecule has 60 valence electrons. The second-order valence-corrected chi connectivity index (χ2v) is 2.24. The van der Waals surface area contributed by atoms with Gasteiger partial charge in [-0.2, -0.15) is 13.2 Å². The maximum atomic E-state index is 11.7. The summed E-state index contributed by atoms with van der Waals surface area (Å²) in [5, 5.41) is 0. The molecule has 0 aliphatic heterocycles. The molecule has 0 rings (SSSR count). The number of rotatable bonds is 2. The van der Waals surface area contributed by atoms with Gasteiger partial charge in [-0.1, -0.05) is 6.08 Å². The highest BCUT2D eigenvalue weighted by Crippen LogP contribution is 2.24. The Morgan fingerprint density at radius 2 is 2.00 bits per heavy atom. The summed E-state index contributed by atoms with van der Waals surface area (Å²) in [6, 6.07) is 0. The summed E-state index contributed by atoms with van der Waals surface area (Å²) in [4.78, 5) is 0. The van der Waals surface area contributed by atoms with Crippen LogP contribution in [0, 0.1) is 0 Å². The van der Waals surface area contributed by atoms with Gasteiger partial charge in [0.2, 0.25) is 0 Å². The Hall–Kier alpha value is -0.180. The number of allylic oxidation sites excluding steroid dienone is 2. The van der Waals surface area contributed by atoms with Gasteiger partial charge in [0.05, 0.1) is 0 Å². The molecule has 10 heavy (non-hydrogen) atoms. The molecule has 0 bridgehead atoms. The Morgan fingerprint density at radius 1 is 1.50 bits per heavy atom. The lowest BCUT2D eigenvalue weighted by molar-refractivity contribution is -0.0915. The minimum Gasteiger partial charge on any atom is -0.167 e. The van der Waals surface area contributed by atoms with Crippen molar-refractivity contribution in [3.05, 3.63) is 11.6 Å². The first-order valence-corrected chi connectivity index (χ1v) is 3.32. The Labute approximate surface area is 62.7 Å². The van der Waals surface area contributed by atoms with Crippen LogP contribution in [0.5, 0.6) is 0 Å². The van der Waals surface area contributed by atoms with Crippen molar-refractivity contribution in [2.45, 2.75) is 19.5 Å².